The minimum absolute atomic E-state index is 0.228. The lowest BCUT2D eigenvalue weighted by atomic mass is 10.0. The fourth-order valence-electron chi connectivity index (χ4n) is 2.59. The van der Waals surface area contributed by atoms with E-state index in [0.717, 1.165) is 31.9 Å². The van der Waals surface area contributed by atoms with Crippen LogP contribution in [-0.4, -0.2) is 41.0 Å². The molecule has 0 radical (unpaired) electrons. The molecule has 0 aromatic carbocycles. The topological polar surface area (TPSA) is 41.1 Å². The van der Waals surface area contributed by atoms with Crippen LogP contribution >= 0.6 is 0 Å². The first-order valence-electron chi connectivity index (χ1n) is 6.71. The average Bonchev–Trinajstić information content (AvgIpc) is 2.51. The Hall–Kier alpha value is -1.78. The molecule has 3 heterocycles. The van der Waals surface area contributed by atoms with Gasteiger partial charge < -0.3 is 5.32 Å². The molecule has 1 unspecified atom stereocenters. The lowest BCUT2D eigenvalue weighted by Crippen LogP contribution is -2.45. The number of hydrogen-bond donors (Lipinski definition) is 1. The summed E-state index contributed by atoms with van der Waals surface area (Å²) in [4.78, 5) is 11.1. The summed E-state index contributed by atoms with van der Waals surface area (Å²) < 4.78 is 0. The Morgan fingerprint density at radius 2 is 1.79 bits per heavy atom. The molecule has 1 fully saturated rings. The molecule has 0 bridgehead atoms. The maximum Gasteiger partial charge on any atom is 0.0778 e. The number of aromatic nitrogens is 2. The second-order valence-corrected chi connectivity index (χ2v) is 4.72. The predicted molar refractivity (Wildman–Crippen MR) is 74.8 cm³/mol. The van der Waals surface area contributed by atoms with Gasteiger partial charge in [0.25, 0.3) is 0 Å². The standard InChI is InChI=1S/C15H18N4/c1-2-6-18-14(3-1)15(13-4-7-16-8-5-13)19-11-9-17-10-12-19/h1-8,15,17H,9-12H2. The van der Waals surface area contributed by atoms with E-state index in [9.17, 15) is 0 Å². The Kier molecular flexibility index (Phi) is 3.81. The van der Waals surface area contributed by atoms with E-state index >= 15 is 0 Å². The fourth-order valence-corrected chi connectivity index (χ4v) is 2.59. The van der Waals surface area contributed by atoms with Gasteiger partial charge in [-0.25, -0.2) is 0 Å². The van der Waals surface area contributed by atoms with Crippen LogP contribution in [0, 0.1) is 0 Å². The Morgan fingerprint density at radius 1 is 1.00 bits per heavy atom. The molecule has 4 heteroatoms. The van der Waals surface area contributed by atoms with Crippen molar-refractivity contribution in [2.45, 2.75) is 6.04 Å². The van der Waals surface area contributed by atoms with Gasteiger partial charge in [-0.15, -0.1) is 0 Å². The number of piperazine rings is 1. The first kappa shape index (κ1) is 12.3. The molecule has 1 atom stereocenters. The highest BCUT2D eigenvalue weighted by atomic mass is 15.2. The summed E-state index contributed by atoms with van der Waals surface area (Å²) in [7, 11) is 0. The lowest BCUT2D eigenvalue weighted by molar-refractivity contribution is 0.195. The molecule has 2 aromatic rings. The van der Waals surface area contributed by atoms with Gasteiger partial charge in [-0.2, -0.15) is 0 Å². The second-order valence-electron chi connectivity index (χ2n) is 4.72. The third-order valence-electron chi connectivity index (χ3n) is 3.51. The summed E-state index contributed by atoms with van der Waals surface area (Å²) in [6, 6.07) is 10.5. The van der Waals surface area contributed by atoms with Crippen molar-refractivity contribution in [3.8, 4) is 0 Å². The SMILES string of the molecule is c1ccc(C(c2ccncc2)N2CCNCC2)nc1. The zero-order chi connectivity index (χ0) is 12.9. The van der Waals surface area contributed by atoms with Gasteiger partial charge in [-0.1, -0.05) is 6.07 Å². The lowest BCUT2D eigenvalue weighted by Gasteiger charge is -2.34. The van der Waals surface area contributed by atoms with E-state index < -0.39 is 0 Å². The van der Waals surface area contributed by atoms with Gasteiger partial charge in [-0.05, 0) is 29.8 Å². The van der Waals surface area contributed by atoms with Gasteiger partial charge >= 0.3 is 0 Å². The minimum atomic E-state index is 0.228. The van der Waals surface area contributed by atoms with Crippen molar-refractivity contribution in [3.63, 3.8) is 0 Å². The summed E-state index contributed by atoms with van der Waals surface area (Å²) >= 11 is 0. The van der Waals surface area contributed by atoms with E-state index in [1.54, 1.807) is 0 Å². The van der Waals surface area contributed by atoms with Crippen LogP contribution in [0.2, 0.25) is 0 Å². The van der Waals surface area contributed by atoms with E-state index in [0.29, 0.717) is 0 Å². The summed E-state index contributed by atoms with van der Waals surface area (Å²) in [6.07, 6.45) is 5.58. The van der Waals surface area contributed by atoms with Crippen molar-refractivity contribution < 1.29 is 0 Å². The Morgan fingerprint density at radius 3 is 2.47 bits per heavy atom. The van der Waals surface area contributed by atoms with Crippen LogP contribution in [0.5, 0.6) is 0 Å². The van der Waals surface area contributed by atoms with Crippen molar-refractivity contribution in [2.24, 2.45) is 0 Å². The van der Waals surface area contributed by atoms with E-state index in [-0.39, 0.29) is 6.04 Å². The molecule has 19 heavy (non-hydrogen) atoms. The van der Waals surface area contributed by atoms with Crippen molar-refractivity contribution in [3.05, 3.63) is 60.2 Å². The molecule has 1 aliphatic rings. The highest BCUT2D eigenvalue weighted by molar-refractivity contribution is 5.26. The van der Waals surface area contributed by atoms with E-state index in [1.807, 2.05) is 24.7 Å². The van der Waals surface area contributed by atoms with Gasteiger partial charge in [0.1, 0.15) is 0 Å². The molecule has 1 saturated heterocycles. The normalized spacial score (nSPS) is 18.1. The van der Waals surface area contributed by atoms with Crippen LogP contribution in [0.3, 0.4) is 0 Å². The van der Waals surface area contributed by atoms with Gasteiger partial charge in [-0.3, -0.25) is 14.9 Å². The summed E-state index contributed by atoms with van der Waals surface area (Å²) in [6.45, 7) is 4.16. The second kappa shape index (κ2) is 5.91. The fraction of sp³-hybridized carbons (Fsp3) is 0.333. The Labute approximate surface area is 113 Å². The number of rotatable bonds is 3. The number of nitrogens with zero attached hydrogens (tertiary/aromatic N) is 3. The quantitative estimate of drug-likeness (QED) is 0.900. The maximum absolute atomic E-state index is 4.55. The van der Waals surface area contributed by atoms with Crippen LogP contribution < -0.4 is 5.32 Å². The zero-order valence-electron chi connectivity index (χ0n) is 10.9. The van der Waals surface area contributed by atoms with Crippen LogP contribution in [0.1, 0.15) is 17.3 Å². The average molecular weight is 254 g/mol. The molecule has 2 aromatic heterocycles. The maximum atomic E-state index is 4.55. The molecule has 1 N–H and O–H groups in total. The highest BCUT2D eigenvalue weighted by Gasteiger charge is 2.24. The number of pyridine rings is 2. The van der Waals surface area contributed by atoms with Crippen molar-refractivity contribution in [1.82, 2.24) is 20.2 Å². The molecule has 0 spiro atoms. The summed E-state index contributed by atoms with van der Waals surface area (Å²) in [5, 5.41) is 3.40. The number of hydrogen-bond acceptors (Lipinski definition) is 4. The molecule has 3 rings (SSSR count). The molecule has 4 nitrogen and oxygen atoms in total. The molecule has 0 saturated carbocycles. The molecule has 0 amide bonds. The third-order valence-corrected chi connectivity index (χ3v) is 3.51. The Bertz CT molecular complexity index is 455. The van der Waals surface area contributed by atoms with Crippen LogP contribution in [0.15, 0.2) is 48.9 Å². The van der Waals surface area contributed by atoms with E-state index in [4.69, 9.17) is 0 Å². The van der Waals surface area contributed by atoms with Gasteiger partial charge in [0.05, 0.1) is 11.7 Å². The van der Waals surface area contributed by atoms with Gasteiger partial charge in [0.2, 0.25) is 0 Å². The van der Waals surface area contributed by atoms with Crippen molar-refractivity contribution in [1.29, 1.82) is 0 Å². The van der Waals surface area contributed by atoms with Gasteiger partial charge in [0.15, 0.2) is 0 Å². The number of nitrogens with one attached hydrogen (secondary N) is 1. The molecule has 98 valence electrons. The minimum Gasteiger partial charge on any atom is -0.314 e. The summed E-state index contributed by atoms with van der Waals surface area (Å²) in [5.74, 6) is 0. The first-order chi connectivity index (χ1) is 9.45. The summed E-state index contributed by atoms with van der Waals surface area (Å²) in [5.41, 5.74) is 2.37. The van der Waals surface area contributed by atoms with Crippen LogP contribution in [0.25, 0.3) is 0 Å². The molecule has 0 aliphatic carbocycles. The van der Waals surface area contributed by atoms with Crippen molar-refractivity contribution >= 4 is 0 Å². The van der Waals surface area contributed by atoms with Crippen LogP contribution in [-0.2, 0) is 0 Å². The monoisotopic (exact) mass is 254 g/mol. The largest absolute Gasteiger partial charge is 0.314 e. The van der Waals surface area contributed by atoms with E-state index in [2.05, 4.69) is 44.5 Å². The first-order valence-corrected chi connectivity index (χ1v) is 6.71. The predicted octanol–water partition coefficient (Wildman–Crippen LogP) is 1.47. The Balaban J connectivity index is 1.96. The third kappa shape index (κ3) is 2.80. The molecular weight excluding hydrogens is 236 g/mol. The van der Waals surface area contributed by atoms with Crippen LogP contribution in [0.4, 0.5) is 0 Å². The van der Waals surface area contributed by atoms with E-state index in [1.165, 1.54) is 5.56 Å². The smallest absolute Gasteiger partial charge is 0.0778 e. The highest BCUT2D eigenvalue weighted by Crippen LogP contribution is 2.26. The zero-order valence-corrected chi connectivity index (χ0v) is 10.9. The van der Waals surface area contributed by atoms with Gasteiger partial charge in [0, 0.05) is 44.8 Å². The van der Waals surface area contributed by atoms with Crippen molar-refractivity contribution in [2.75, 3.05) is 26.2 Å². The molecular formula is C15H18N4. The molecule has 1 aliphatic heterocycles.